The molecule has 10 heteroatoms. The fourth-order valence-electron chi connectivity index (χ4n) is 4.52. The first-order chi connectivity index (χ1) is 22.1. The van der Waals surface area contributed by atoms with Crippen LogP contribution < -0.4 is 4.74 Å². The highest BCUT2D eigenvalue weighted by molar-refractivity contribution is 6.19. The molecule has 0 bridgehead atoms. The summed E-state index contributed by atoms with van der Waals surface area (Å²) < 4.78 is 27.2. The maximum Gasteiger partial charge on any atom is 0.347 e. The van der Waals surface area contributed by atoms with Gasteiger partial charge in [-0.1, -0.05) is 60.7 Å². The maximum absolute atomic E-state index is 13.4. The summed E-state index contributed by atoms with van der Waals surface area (Å²) in [6.45, 7) is 3.23. The number of carbonyl (C=O) groups is 4. The average molecular weight is 622 g/mol. The van der Waals surface area contributed by atoms with Crippen LogP contribution in [-0.2, 0) is 38.1 Å². The minimum absolute atomic E-state index is 0.122. The van der Waals surface area contributed by atoms with E-state index < -0.39 is 30.5 Å². The number of amides is 1. The van der Waals surface area contributed by atoms with Gasteiger partial charge in [0, 0.05) is 37.4 Å². The fraction of sp³-hybridized carbons (Fsp3) is 0.167. The lowest BCUT2D eigenvalue weighted by atomic mass is 9.99. The maximum atomic E-state index is 13.4. The predicted octanol–water partition coefficient (Wildman–Crippen LogP) is 5.42. The molecule has 2 atom stereocenters. The van der Waals surface area contributed by atoms with Crippen LogP contribution in [0.4, 0.5) is 0 Å². The van der Waals surface area contributed by atoms with Crippen LogP contribution in [0.3, 0.4) is 0 Å². The zero-order valence-corrected chi connectivity index (χ0v) is 25.6. The van der Waals surface area contributed by atoms with Crippen molar-refractivity contribution < 1.29 is 42.9 Å². The summed E-state index contributed by atoms with van der Waals surface area (Å²) in [6, 6.07) is 23.0. The lowest BCUT2D eigenvalue weighted by molar-refractivity contribution is -0.153. The number of likely N-dealkylation sites (N-methyl/N-ethyl adjacent to an activating group) is 1. The Morgan fingerprint density at radius 3 is 1.80 bits per heavy atom. The van der Waals surface area contributed by atoms with Crippen molar-refractivity contribution in [3.8, 4) is 16.9 Å². The number of carbonyl (C=O) groups excluding carboxylic acids is 4. The molecule has 10 nitrogen and oxygen atoms in total. The number of cyclic esters (lactones) is 2. The Balaban J connectivity index is 1.38. The molecule has 2 heterocycles. The van der Waals surface area contributed by atoms with Crippen LogP contribution in [-0.4, -0.2) is 55.4 Å². The molecule has 0 saturated carbocycles. The first kappa shape index (κ1) is 31.5. The summed E-state index contributed by atoms with van der Waals surface area (Å²) >= 11 is 0. The molecule has 0 N–H and O–H groups in total. The molecule has 0 aliphatic carbocycles. The summed E-state index contributed by atoms with van der Waals surface area (Å²) in [5.74, 6) is -1.70. The number of ether oxygens (including phenoxy) is 5. The minimum atomic E-state index is -0.952. The first-order valence-electron chi connectivity index (χ1n) is 14.3. The molecule has 3 aromatic rings. The molecule has 0 radical (unpaired) electrons. The van der Waals surface area contributed by atoms with E-state index in [2.05, 4.69) is 0 Å². The molecule has 46 heavy (non-hydrogen) atoms. The van der Waals surface area contributed by atoms with E-state index in [1.807, 2.05) is 18.2 Å². The molecule has 1 amide bonds. The number of esters is 3. The molecule has 5 rings (SSSR count). The average Bonchev–Trinajstić information content (AvgIpc) is 3.55. The van der Waals surface area contributed by atoms with Gasteiger partial charge in [0.2, 0.25) is 0 Å². The second kappa shape index (κ2) is 13.8. The van der Waals surface area contributed by atoms with Gasteiger partial charge in [0.05, 0.1) is 5.57 Å². The van der Waals surface area contributed by atoms with Crippen molar-refractivity contribution in [2.75, 3.05) is 14.1 Å². The van der Waals surface area contributed by atoms with Gasteiger partial charge in [-0.05, 0) is 54.3 Å². The molecule has 0 saturated heterocycles. The summed E-state index contributed by atoms with van der Waals surface area (Å²) in [5.41, 5.74) is 3.77. The van der Waals surface area contributed by atoms with E-state index in [4.69, 9.17) is 23.7 Å². The lowest BCUT2D eigenvalue weighted by Gasteiger charge is -2.16. The smallest absolute Gasteiger partial charge is 0.347 e. The second-order valence-corrected chi connectivity index (χ2v) is 10.6. The molecular weight excluding hydrogens is 590 g/mol. The highest BCUT2D eigenvalue weighted by Crippen LogP contribution is 2.29. The molecule has 0 fully saturated rings. The third-order valence-corrected chi connectivity index (χ3v) is 7.00. The SMILES string of the molecule is CC1=CC(O/C=C(\C(=O)N(C)C)c2cccc(-c3cccc(OC(=O)/C(=C/OC4C=C(C)C(=O)O4)c4ccccc4)c3)c2)OC1=O. The third-order valence-electron chi connectivity index (χ3n) is 7.00. The third kappa shape index (κ3) is 7.41. The number of hydrogen-bond donors (Lipinski definition) is 0. The van der Waals surface area contributed by atoms with Crippen molar-refractivity contribution in [3.05, 3.63) is 126 Å². The Morgan fingerprint density at radius 2 is 1.24 bits per heavy atom. The highest BCUT2D eigenvalue weighted by Gasteiger charge is 2.25. The number of nitrogens with zero attached hydrogens (tertiary/aromatic N) is 1. The van der Waals surface area contributed by atoms with E-state index in [0.29, 0.717) is 27.8 Å². The van der Waals surface area contributed by atoms with Gasteiger partial charge in [-0.3, -0.25) is 4.79 Å². The van der Waals surface area contributed by atoms with Crippen molar-refractivity contribution in [1.29, 1.82) is 0 Å². The number of rotatable bonds is 10. The van der Waals surface area contributed by atoms with Gasteiger partial charge in [0.15, 0.2) is 0 Å². The molecule has 2 aliphatic rings. The second-order valence-electron chi connectivity index (χ2n) is 10.6. The van der Waals surface area contributed by atoms with Gasteiger partial charge in [-0.15, -0.1) is 0 Å². The molecule has 3 aromatic carbocycles. The van der Waals surface area contributed by atoms with E-state index in [1.165, 1.54) is 29.6 Å². The van der Waals surface area contributed by atoms with Gasteiger partial charge < -0.3 is 28.6 Å². The molecular formula is C36H31NO9. The molecule has 2 aliphatic heterocycles. The summed E-state index contributed by atoms with van der Waals surface area (Å²) in [7, 11) is 3.25. The van der Waals surface area contributed by atoms with Gasteiger partial charge >= 0.3 is 17.9 Å². The van der Waals surface area contributed by atoms with Crippen LogP contribution in [0.15, 0.2) is 115 Å². The molecule has 2 unspecified atom stereocenters. The highest BCUT2D eigenvalue weighted by atomic mass is 16.7. The normalized spacial score (nSPS) is 17.8. The van der Waals surface area contributed by atoms with Gasteiger partial charge in [0.1, 0.15) is 23.8 Å². The standard InChI is InChI=1S/C36H31NO9/c1-22-16-31(45-34(22)39)42-20-29(33(38)37(3)4)27-14-8-12-25(18-27)26-13-9-15-28(19-26)44-36(41)30(24-10-6-5-7-11-24)21-43-32-17-23(2)35(40)46-32/h5-21,31-32H,1-4H3/b29-20-,30-21+. The Bertz CT molecular complexity index is 1800. The van der Waals surface area contributed by atoms with Crippen molar-refractivity contribution in [3.63, 3.8) is 0 Å². The van der Waals surface area contributed by atoms with Crippen LogP contribution in [0.25, 0.3) is 22.3 Å². The Labute approximate surface area is 265 Å². The topological polar surface area (TPSA) is 118 Å². The van der Waals surface area contributed by atoms with E-state index in [9.17, 15) is 19.2 Å². The van der Waals surface area contributed by atoms with Crippen molar-refractivity contribution in [2.45, 2.75) is 26.4 Å². The first-order valence-corrected chi connectivity index (χ1v) is 14.3. The number of benzene rings is 3. The van der Waals surface area contributed by atoms with Crippen molar-refractivity contribution >= 4 is 35.0 Å². The van der Waals surface area contributed by atoms with Crippen LogP contribution in [0.2, 0.25) is 0 Å². The zero-order chi connectivity index (χ0) is 32.8. The zero-order valence-electron chi connectivity index (χ0n) is 25.6. The summed E-state index contributed by atoms with van der Waals surface area (Å²) in [4.78, 5) is 51.4. The summed E-state index contributed by atoms with van der Waals surface area (Å²) in [5, 5.41) is 0. The Morgan fingerprint density at radius 1 is 0.696 bits per heavy atom. The van der Waals surface area contributed by atoms with Gasteiger partial charge in [-0.2, -0.15) is 0 Å². The monoisotopic (exact) mass is 621 g/mol. The van der Waals surface area contributed by atoms with Crippen LogP contribution in [0, 0.1) is 0 Å². The Hall–Kier alpha value is -5.90. The van der Waals surface area contributed by atoms with Gasteiger partial charge in [0.25, 0.3) is 18.5 Å². The van der Waals surface area contributed by atoms with Crippen LogP contribution >= 0.6 is 0 Å². The Kier molecular flexibility index (Phi) is 9.47. The van der Waals surface area contributed by atoms with Crippen LogP contribution in [0.1, 0.15) is 25.0 Å². The minimum Gasteiger partial charge on any atom is -0.458 e. The molecule has 0 spiro atoms. The van der Waals surface area contributed by atoms with E-state index in [-0.39, 0.29) is 22.8 Å². The van der Waals surface area contributed by atoms with Gasteiger partial charge in [-0.25, -0.2) is 14.4 Å². The predicted molar refractivity (Wildman–Crippen MR) is 168 cm³/mol. The fourth-order valence-corrected chi connectivity index (χ4v) is 4.52. The lowest BCUT2D eigenvalue weighted by Crippen LogP contribution is -2.23. The quantitative estimate of drug-likeness (QED) is 0.127. The largest absolute Gasteiger partial charge is 0.458 e. The van der Waals surface area contributed by atoms with Crippen LogP contribution in [0.5, 0.6) is 5.75 Å². The summed E-state index contributed by atoms with van der Waals surface area (Å²) in [6.07, 6.45) is 3.68. The van der Waals surface area contributed by atoms with E-state index in [0.717, 1.165) is 5.56 Å². The van der Waals surface area contributed by atoms with E-state index in [1.54, 1.807) is 88.6 Å². The molecule has 0 aromatic heterocycles. The molecule has 234 valence electrons. The van der Waals surface area contributed by atoms with E-state index >= 15 is 0 Å². The van der Waals surface area contributed by atoms with Crippen molar-refractivity contribution in [1.82, 2.24) is 4.90 Å². The van der Waals surface area contributed by atoms with Crippen molar-refractivity contribution in [2.24, 2.45) is 0 Å². The number of hydrogen-bond acceptors (Lipinski definition) is 9.